The maximum absolute atomic E-state index is 13.9. The van der Waals surface area contributed by atoms with Crippen LogP contribution in [0.5, 0.6) is 0 Å². The lowest BCUT2D eigenvalue weighted by molar-refractivity contribution is -0.308. The molecule has 0 unspecified atom stereocenters. The summed E-state index contributed by atoms with van der Waals surface area (Å²) in [5, 5.41) is 23.3. The molecule has 0 radical (unpaired) electrons. The summed E-state index contributed by atoms with van der Waals surface area (Å²) in [5.41, 5.74) is 0.583. The van der Waals surface area contributed by atoms with Crippen LogP contribution in [0, 0.1) is 5.41 Å². The van der Waals surface area contributed by atoms with Crippen LogP contribution < -0.4 is 5.11 Å². The van der Waals surface area contributed by atoms with Gasteiger partial charge in [-0.15, -0.1) is 0 Å². The largest absolute Gasteiger partial charge is 0.550 e. The third-order valence-electron chi connectivity index (χ3n) is 6.46. The van der Waals surface area contributed by atoms with E-state index in [1.807, 2.05) is 37.3 Å². The SMILES string of the molecule is CC[C@@H]([C@H](C)O)N1C(=O)[C@@](C)(CC(=O)[O-])C[C@H](c2cccc(Cl)c2)[C@H]1c1ccc(Cl)cc1. The second-order valence-electron chi connectivity index (χ2n) is 8.90. The van der Waals surface area contributed by atoms with E-state index in [4.69, 9.17) is 23.2 Å². The van der Waals surface area contributed by atoms with E-state index in [0.717, 1.165) is 11.1 Å². The van der Waals surface area contributed by atoms with Gasteiger partial charge < -0.3 is 19.9 Å². The van der Waals surface area contributed by atoms with Gasteiger partial charge in [0, 0.05) is 28.4 Å². The van der Waals surface area contributed by atoms with Gasteiger partial charge >= 0.3 is 0 Å². The summed E-state index contributed by atoms with van der Waals surface area (Å²) >= 11 is 12.4. The molecule has 0 aromatic heterocycles. The molecule has 2 aromatic carbocycles. The number of likely N-dealkylation sites (tertiary alicyclic amines) is 1. The molecule has 172 valence electrons. The number of aliphatic hydroxyl groups excluding tert-OH is 1. The van der Waals surface area contributed by atoms with Crippen molar-refractivity contribution in [3.63, 3.8) is 0 Å². The first-order chi connectivity index (χ1) is 15.1. The Morgan fingerprint density at radius 3 is 2.38 bits per heavy atom. The van der Waals surface area contributed by atoms with Gasteiger partial charge in [-0.3, -0.25) is 4.79 Å². The van der Waals surface area contributed by atoms with Crippen LogP contribution in [0.3, 0.4) is 0 Å². The van der Waals surface area contributed by atoms with Crippen molar-refractivity contribution in [3.8, 4) is 0 Å². The Hall–Kier alpha value is -2.08. The molecule has 1 aliphatic rings. The average Bonchev–Trinajstić information content (AvgIpc) is 2.71. The summed E-state index contributed by atoms with van der Waals surface area (Å²) in [7, 11) is 0. The number of carbonyl (C=O) groups excluding carboxylic acids is 2. The minimum Gasteiger partial charge on any atom is -0.550 e. The fourth-order valence-corrected chi connectivity index (χ4v) is 5.32. The van der Waals surface area contributed by atoms with Crippen molar-refractivity contribution in [2.24, 2.45) is 5.41 Å². The highest BCUT2D eigenvalue weighted by molar-refractivity contribution is 6.30. The van der Waals surface area contributed by atoms with Crippen LogP contribution in [0.1, 0.15) is 63.1 Å². The highest BCUT2D eigenvalue weighted by atomic mass is 35.5. The summed E-state index contributed by atoms with van der Waals surface area (Å²) in [6, 6.07) is 13.8. The zero-order valence-corrected chi connectivity index (χ0v) is 19.9. The second kappa shape index (κ2) is 9.82. The number of hydrogen-bond donors (Lipinski definition) is 1. The number of carboxylic acids is 1. The van der Waals surface area contributed by atoms with Gasteiger partial charge in [-0.2, -0.15) is 0 Å². The van der Waals surface area contributed by atoms with Crippen molar-refractivity contribution in [2.45, 2.75) is 64.1 Å². The van der Waals surface area contributed by atoms with Gasteiger partial charge in [0.1, 0.15) is 0 Å². The van der Waals surface area contributed by atoms with Gasteiger partial charge in [-0.25, -0.2) is 0 Å². The number of carbonyl (C=O) groups is 2. The van der Waals surface area contributed by atoms with E-state index in [1.165, 1.54) is 0 Å². The molecule has 32 heavy (non-hydrogen) atoms. The number of halogens is 2. The Bertz CT molecular complexity index is 978. The monoisotopic (exact) mass is 476 g/mol. The lowest BCUT2D eigenvalue weighted by Gasteiger charge is -2.52. The fourth-order valence-electron chi connectivity index (χ4n) is 5.00. The predicted molar refractivity (Wildman–Crippen MR) is 123 cm³/mol. The average molecular weight is 477 g/mol. The standard InChI is InChI=1S/C25H29Cl2NO4/c1-4-21(15(2)29)28-23(16-8-10-18(26)11-9-16)20(17-6-5-7-19(27)12-17)13-25(3,24(28)32)14-22(30)31/h5-12,15,20-21,23,29H,4,13-14H2,1-3H3,(H,30,31)/p-1/t15-,20+,21-,23+,25+/m0/s1. The van der Waals surface area contributed by atoms with E-state index in [9.17, 15) is 19.8 Å². The van der Waals surface area contributed by atoms with Gasteiger partial charge in [0.2, 0.25) is 5.91 Å². The molecule has 1 heterocycles. The summed E-state index contributed by atoms with van der Waals surface area (Å²) in [6.07, 6.45) is -0.385. The number of carboxylic acid groups (broad SMARTS) is 1. The smallest absolute Gasteiger partial charge is 0.229 e. The first kappa shape index (κ1) is 24.6. The van der Waals surface area contributed by atoms with Crippen LogP contribution >= 0.6 is 23.2 Å². The number of rotatable bonds is 7. The third kappa shape index (κ3) is 4.95. The number of aliphatic hydroxyl groups is 1. The van der Waals surface area contributed by atoms with Crippen LogP contribution in [-0.4, -0.2) is 34.0 Å². The van der Waals surface area contributed by atoms with Crippen molar-refractivity contribution in [3.05, 3.63) is 69.7 Å². The van der Waals surface area contributed by atoms with E-state index in [1.54, 1.807) is 36.9 Å². The predicted octanol–water partition coefficient (Wildman–Crippen LogP) is 4.36. The Balaban J connectivity index is 2.25. The molecule has 5 atom stereocenters. The molecule has 0 aliphatic carbocycles. The summed E-state index contributed by atoms with van der Waals surface area (Å²) in [4.78, 5) is 27.2. The minimum absolute atomic E-state index is 0.246. The van der Waals surface area contributed by atoms with Crippen molar-refractivity contribution >= 4 is 35.1 Å². The van der Waals surface area contributed by atoms with Gasteiger partial charge in [-0.05, 0) is 55.2 Å². The lowest BCUT2D eigenvalue weighted by atomic mass is 9.67. The maximum Gasteiger partial charge on any atom is 0.229 e. The summed E-state index contributed by atoms with van der Waals surface area (Å²) < 4.78 is 0. The molecule has 2 aromatic rings. The molecule has 3 rings (SSSR count). The van der Waals surface area contributed by atoms with Gasteiger partial charge in [-0.1, -0.05) is 61.3 Å². The molecule has 1 amide bonds. The molecular formula is C25H28Cl2NO4-. The molecule has 0 spiro atoms. The van der Waals surface area contributed by atoms with Gasteiger partial charge in [0.15, 0.2) is 0 Å². The topological polar surface area (TPSA) is 80.7 Å². The van der Waals surface area contributed by atoms with Gasteiger partial charge in [0.05, 0.1) is 23.6 Å². The number of nitrogens with zero attached hydrogens (tertiary/aromatic N) is 1. The highest BCUT2D eigenvalue weighted by Gasteiger charge is 2.51. The molecule has 1 aliphatic heterocycles. The number of benzene rings is 2. The highest BCUT2D eigenvalue weighted by Crippen LogP contribution is 2.52. The van der Waals surface area contributed by atoms with Gasteiger partial charge in [0.25, 0.3) is 0 Å². The molecule has 1 saturated heterocycles. The normalized spacial score (nSPS) is 25.4. The summed E-state index contributed by atoms with van der Waals surface area (Å²) in [6.45, 7) is 5.23. The maximum atomic E-state index is 13.9. The Kier molecular flexibility index (Phi) is 7.53. The van der Waals surface area contributed by atoms with E-state index in [0.29, 0.717) is 22.9 Å². The molecule has 0 saturated carbocycles. The van der Waals surface area contributed by atoms with Crippen molar-refractivity contribution in [1.82, 2.24) is 4.90 Å². The van der Waals surface area contributed by atoms with Crippen LogP contribution in [-0.2, 0) is 9.59 Å². The fraction of sp³-hybridized carbons (Fsp3) is 0.440. The molecule has 7 heteroatoms. The Labute approximate surface area is 199 Å². The molecule has 1 N–H and O–H groups in total. The zero-order chi connectivity index (χ0) is 23.6. The number of piperidine rings is 1. The first-order valence-electron chi connectivity index (χ1n) is 10.8. The third-order valence-corrected chi connectivity index (χ3v) is 6.94. The minimum atomic E-state index is -1.28. The summed E-state index contributed by atoms with van der Waals surface area (Å²) in [5.74, 6) is -1.82. The number of hydrogen-bond acceptors (Lipinski definition) is 4. The molecular weight excluding hydrogens is 449 g/mol. The Morgan fingerprint density at radius 1 is 1.19 bits per heavy atom. The zero-order valence-electron chi connectivity index (χ0n) is 18.4. The number of aliphatic carboxylic acids is 1. The van der Waals surface area contributed by atoms with E-state index in [-0.39, 0.29) is 11.8 Å². The second-order valence-corrected chi connectivity index (χ2v) is 9.77. The van der Waals surface area contributed by atoms with Crippen LogP contribution in [0.25, 0.3) is 0 Å². The lowest BCUT2D eigenvalue weighted by Crippen LogP contribution is -2.58. The van der Waals surface area contributed by atoms with Crippen LogP contribution in [0.2, 0.25) is 10.0 Å². The molecule has 1 fully saturated rings. The van der Waals surface area contributed by atoms with E-state index in [2.05, 4.69) is 0 Å². The molecule has 5 nitrogen and oxygen atoms in total. The van der Waals surface area contributed by atoms with E-state index >= 15 is 0 Å². The van der Waals surface area contributed by atoms with Crippen molar-refractivity contribution in [2.75, 3.05) is 0 Å². The van der Waals surface area contributed by atoms with Crippen molar-refractivity contribution in [1.29, 1.82) is 0 Å². The first-order valence-corrected chi connectivity index (χ1v) is 11.5. The van der Waals surface area contributed by atoms with E-state index < -0.39 is 36.0 Å². The van der Waals surface area contributed by atoms with Crippen LogP contribution in [0.15, 0.2) is 48.5 Å². The quantitative estimate of drug-likeness (QED) is 0.643. The Morgan fingerprint density at radius 2 is 1.84 bits per heavy atom. The van der Waals surface area contributed by atoms with Crippen LogP contribution in [0.4, 0.5) is 0 Å². The number of amides is 1. The van der Waals surface area contributed by atoms with Crippen molar-refractivity contribution < 1.29 is 19.8 Å². The molecule has 0 bridgehead atoms.